The van der Waals surface area contributed by atoms with Crippen molar-refractivity contribution in [2.75, 3.05) is 7.05 Å². The lowest BCUT2D eigenvalue weighted by molar-refractivity contribution is 0.550. The van der Waals surface area contributed by atoms with Crippen LogP contribution in [0.4, 0.5) is 0 Å². The fourth-order valence-electron chi connectivity index (χ4n) is 2.63. The first-order chi connectivity index (χ1) is 9.67. The molecule has 2 aromatic rings. The second-order valence-corrected chi connectivity index (χ2v) is 6.69. The Balaban J connectivity index is 2.33. The van der Waals surface area contributed by atoms with E-state index in [1.807, 2.05) is 11.3 Å². The summed E-state index contributed by atoms with van der Waals surface area (Å²) in [6.07, 6.45) is 2.41. The fraction of sp³-hybridized carbons (Fsp3) is 0.444. The van der Waals surface area contributed by atoms with Gasteiger partial charge in [0.25, 0.3) is 0 Å². The molecule has 0 saturated heterocycles. The van der Waals surface area contributed by atoms with Crippen LogP contribution < -0.4 is 5.32 Å². The van der Waals surface area contributed by atoms with Crippen LogP contribution in [0.5, 0.6) is 0 Å². The van der Waals surface area contributed by atoms with Crippen LogP contribution in [-0.4, -0.2) is 7.05 Å². The fourth-order valence-corrected chi connectivity index (χ4v) is 3.83. The molecule has 0 fully saturated rings. The van der Waals surface area contributed by atoms with Crippen LogP contribution in [-0.2, 0) is 0 Å². The van der Waals surface area contributed by atoms with Crippen molar-refractivity contribution in [1.82, 2.24) is 5.32 Å². The minimum absolute atomic E-state index is 0.491. The molecule has 0 bridgehead atoms. The molecule has 1 heterocycles. The molecule has 0 saturated carbocycles. The predicted octanol–water partition coefficient (Wildman–Crippen LogP) is 5.60. The molecule has 20 heavy (non-hydrogen) atoms. The van der Waals surface area contributed by atoms with Gasteiger partial charge in [-0.05, 0) is 42.6 Å². The van der Waals surface area contributed by atoms with Gasteiger partial charge >= 0.3 is 0 Å². The van der Waals surface area contributed by atoms with E-state index in [4.69, 9.17) is 0 Å². The highest BCUT2D eigenvalue weighted by atomic mass is 32.1. The number of hydrogen-bond donors (Lipinski definition) is 1. The largest absolute Gasteiger partial charge is 0.312 e. The van der Waals surface area contributed by atoms with Gasteiger partial charge in [-0.15, -0.1) is 11.3 Å². The monoisotopic (exact) mass is 287 g/mol. The van der Waals surface area contributed by atoms with E-state index >= 15 is 0 Å². The van der Waals surface area contributed by atoms with Crippen LogP contribution in [0.1, 0.15) is 56.0 Å². The van der Waals surface area contributed by atoms with E-state index in [-0.39, 0.29) is 0 Å². The molecule has 1 aromatic carbocycles. The summed E-state index contributed by atoms with van der Waals surface area (Å²) >= 11 is 1.93. The van der Waals surface area contributed by atoms with Gasteiger partial charge in [-0.25, -0.2) is 0 Å². The molecule has 108 valence electrons. The summed E-state index contributed by atoms with van der Waals surface area (Å²) in [7, 11) is 2.06. The van der Waals surface area contributed by atoms with Gasteiger partial charge in [0.05, 0.1) is 0 Å². The van der Waals surface area contributed by atoms with Crippen LogP contribution in [0.25, 0.3) is 10.4 Å². The van der Waals surface area contributed by atoms with E-state index in [0.29, 0.717) is 12.0 Å². The van der Waals surface area contributed by atoms with Crippen LogP contribution in [0.3, 0.4) is 0 Å². The van der Waals surface area contributed by atoms with Crippen molar-refractivity contribution >= 4 is 11.3 Å². The highest BCUT2D eigenvalue weighted by Crippen LogP contribution is 2.36. The first kappa shape index (κ1) is 15.3. The number of nitrogens with one attached hydrogen (secondary N) is 1. The standard InChI is InChI=1S/C18H25NS/c1-5-8-16(19-4)18-12-11-17(20-18)15-10-7-6-9-14(15)13(2)3/h6-7,9-13,16,19H,5,8H2,1-4H3. The van der Waals surface area contributed by atoms with Crippen molar-refractivity contribution in [3.8, 4) is 10.4 Å². The number of rotatable bonds is 6. The Bertz CT molecular complexity index is 542. The maximum atomic E-state index is 3.43. The minimum atomic E-state index is 0.491. The first-order valence-corrected chi connectivity index (χ1v) is 8.35. The van der Waals surface area contributed by atoms with E-state index in [2.05, 4.69) is 69.5 Å². The van der Waals surface area contributed by atoms with Gasteiger partial charge < -0.3 is 5.32 Å². The molecule has 1 nitrogen and oxygen atoms in total. The Morgan fingerprint density at radius 3 is 2.50 bits per heavy atom. The predicted molar refractivity (Wildman–Crippen MR) is 90.6 cm³/mol. The van der Waals surface area contributed by atoms with Crippen molar-refractivity contribution in [3.05, 3.63) is 46.8 Å². The SMILES string of the molecule is CCCC(NC)c1ccc(-c2ccccc2C(C)C)s1. The summed E-state index contributed by atoms with van der Waals surface area (Å²) in [6, 6.07) is 13.8. The second-order valence-electron chi connectivity index (χ2n) is 5.57. The van der Waals surface area contributed by atoms with Gasteiger partial charge in [-0.1, -0.05) is 51.5 Å². The van der Waals surface area contributed by atoms with Crippen LogP contribution in [0.15, 0.2) is 36.4 Å². The maximum Gasteiger partial charge on any atom is 0.0412 e. The third kappa shape index (κ3) is 3.31. The van der Waals surface area contributed by atoms with E-state index in [1.165, 1.54) is 33.7 Å². The summed E-state index contributed by atoms with van der Waals surface area (Å²) < 4.78 is 0. The molecule has 0 amide bonds. The molecule has 0 aliphatic rings. The minimum Gasteiger partial charge on any atom is -0.312 e. The molecule has 0 spiro atoms. The zero-order valence-corrected chi connectivity index (χ0v) is 13.8. The number of hydrogen-bond acceptors (Lipinski definition) is 2. The van der Waals surface area contributed by atoms with Crippen molar-refractivity contribution in [1.29, 1.82) is 0 Å². The van der Waals surface area contributed by atoms with E-state index in [9.17, 15) is 0 Å². The topological polar surface area (TPSA) is 12.0 Å². The molecule has 1 atom stereocenters. The zero-order chi connectivity index (χ0) is 14.5. The molecule has 1 N–H and O–H groups in total. The maximum absolute atomic E-state index is 3.43. The van der Waals surface area contributed by atoms with Gasteiger partial charge in [0.2, 0.25) is 0 Å². The lowest BCUT2D eigenvalue weighted by Crippen LogP contribution is -2.14. The normalized spacial score (nSPS) is 12.8. The molecule has 0 aliphatic carbocycles. The molecule has 1 aromatic heterocycles. The van der Waals surface area contributed by atoms with Crippen LogP contribution in [0.2, 0.25) is 0 Å². The Labute approximate surface area is 127 Å². The molecule has 0 aliphatic heterocycles. The first-order valence-electron chi connectivity index (χ1n) is 7.53. The molecule has 0 radical (unpaired) electrons. The highest BCUT2D eigenvalue weighted by Gasteiger charge is 2.14. The number of benzene rings is 1. The Morgan fingerprint density at radius 1 is 1.10 bits per heavy atom. The highest BCUT2D eigenvalue weighted by molar-refractivity contribution is 7.15. The van der Waals surface area contributed by atoms with Gasteiger partial charge in [0, 0.05) is 15.8 Å². The van der Waals surface area contributed by atoms with Crippen molar-refractivity contribution in [2.45, 2.75) is 45.6 Å². The molecular formula is C18H25NS. The number of thiophene rings is 1. The van der Waals surface area contributed by atoms with Crippen molar-refractivity contribution in [2.24, 2.45) is 0 Å². The lowest BCUT2D eigenvalue weighted by Gasteiger charge is -2.13. The Kier molecular flexibility index (Phi) is 5.38. The third-order valence-corrected chi connectivity index (χ3v) is 4.98. The quantitative estimate of drug-likeness (QED) is 0.729. The van der Waals surface area contributed by atoms with Crippen LogP contribution in [0, 0.1) is 0 Å². The summed E-state index contributed by atoms with van der Waals surface area (Å²) in [5, 5.41) is 3.43. The summed E-state index contributed by atoms with van der Waals surface area (Å²) in [4.78, 5) is 2.84. The summed E-state index contributed by atoms with van der Waals surface area (Å²) in [5.74, 6) is 0.562. The molecular weight excluding hydrogens is 262 g/mol. The molecule has 1 unspecified atom stereocenters. The van der Waals surface area contributed by atoms with Crippen LogP contribution >= 0.6 is 11.3 Å². The summed E-state index contributed by atoms with van der Waals surface area (Å²) in [6.45, 7) is 6.77. The smallest absolute Gasteiger partial charge is 0.0412 e. The van der Waals surface area contributed by atoms with Gasteiger partial charge in [-0.2, -0.15) is 0 Å². The van der Waals surface area contributed by atoms with Gasteiger partial charge in [-0.3, -0.25) is 0 Å². The van der Waals surface area contributed by atoms with Gasteiger partial charge in [0.15, 0.2) is 0 Å². The van der Waals surface area contributed by atoms with Crippen molar-refractivity contribution in [3.63, 3.8) is 0 Å². The van der Waals surface area contributed by atoms with E-state index < -0.39 is 0 Å². The second kappa shape index (κ2) is 7.05. The average molecular weight is 287 g/mol. The Hall–Kier alpha value is -1.12. The van der Waals surface area contributed by atoms with Gasteiger partial charge in [0.1, 0.15) is 0 Å². The lowest BCUT2D eigenvalue weighted by atomic mass is 9.96. The van der Waals surface area contributed by atoms with E-state index in [1.54, 1.807) is 0 Å². The molecule has 2 heteroatoms. The Morgan fingerprint density at radius 2 is 1.85 bits per heavy atom. The average Bonchev–Trinajstić information content (AvgIpc) is 2.94. The zero-order valence-electron chi connectivity index (χ0n) is 12.9. The molecule has 2 rings (SSSR count). The summed E-state index contributed by atoms with van der Waals surface area (Å²) in [5.41, 5.74) is 2.84. The third-order valence-electron chi connectivity index (χ3n) is 3.74. The van der Waals surface area contributed by atoms with E-state index in [0.717, 1.165) is 0 Å². The van der Waals surface area contributed by atoms with Crippen molar-refractivity contribution < 1.29 is 0 Å².